The summed E-state index contributed by atoms with van der Waals surface area (Å²) in [7, 11) is 0. The number of nitrogen functional groups attached to an aromatic ring is 1. The van der Waals surface area contributed by atoms with Gasteiger partial charge in [-0.2, -0.15) is 0 Å². The van der Waals surface area contributed by atoms with Gasteiger partial charge in [0.05, 0.1) is 11.9 Å². The van der Waals surface area contributed by atoms with Crippen LogP contribution < -0.4 is 11.1 Å². The number of anilines is 2. The van der Waals surface area contributed by atoms with Crippen molar-refractivity contribution in [3.8, 4) is 5.75 Å². The molecule has 1 aromatic carbocycles. The van der Waals surface area contributed by atoms with E-state index in [1.165, 1.54) is 6.20 Å². The maximum Gasteiger partial charge on any atom is 0.257 e. The lowest BCUT2D eigenvalue weighted by Crippen LogP contribution is -2.15. The molecule has 0 spiro atoms. The summed E-state index contributed by atoms with van der Waals surface area (Å²) in [6.45, 7) is 3.50. The van der Waals surface area contributed by atoms with Crippen molar-refractivity contribution in [3.63, 3.8) is 0 Å². The van der Waals surface area contributed by atoms with E-state index >= 15 is 0 Å². The second-order valence-corrected chi connectivity index (χ2v) is 4.34. The maximum atomic E-state index is 12.1. The number of hydrogen-bond donors (Lipinski definition) is 3. The molecule has 5 nitrogen and oxygen atoms in total. The second-order valence-electron chi connectivity index (χ2n) is 4.34. The van der Waals surface area contributed by atoms with Gasteiger partial charge in [0.15, 0.2) is 0 Å². The molecule has 0 radical (unpaired) electrons. The highest BCUT2D eigenvalue weighted by Crippen LogP contribution is 2.21. The van der Waals surface area contributed by atoms with E-state index in [1.54, 1.807) is 31.2 Å². The Kier molecular flexibility index (Phi) is 3.37. The first kappa shape index (κ1) is 12.9. The first-order valence-corrected chi connectivity index (χ1v) is 5.81. The number of hydrogen-bond acceptors (Lipinski definition) is 4. The number of nitrogens with one attached hydrogen (secondary N) is 1. The lowest BCUT2D eigenvalue weighted by atomic mass is 10.1. The predicted molar refractivity (Wildman–Crippen MR) is 74.2 cm³/mol. The quantitative estimate of drug-likeness (QED) is 0.769. The summed E-state index contributed by atoms with van der Waals surface area (Å²) in [5.74, 6) is 0.241. The van der Waals surface area contributed by atoms with E-state index in [1.807, 2.05) is 6.92 Å². The molecule has 4 N–H and O–H groups in total. The van der Waals surface area contributed by atoms with Crippen LogP contribution in [0.2, 0.25) is 0 Å². The Morgan fingerprint density at radius 1 is 1.37 bits per heavy atom. The SMILES string of the molecule is Cc1cc(N)cnc1NC(=O)c1cccc(O)c1C. The zero-order valence-corrected chi connectivity index (χ0v) is 10.8. The average Bonchev–Trinajstić information content (AvgIpc) is 2.36. The van der Waals surface area contributed by atoms with Gasteiger partial charge >= 0.3 is 0 Å². The number of carbonyl (C=O) groups excluding carboxylic acids is 1. The summed E-state index contributed by atoms with van der Waals surface area (Å²) >= 11 is 0. The Hall–Kier alpha value is -2.56. The topological polar surface area (TPSA) is 88.2 Å². The van der Waals surface area contributed by atoms with Crippen molar-refractivity contribution in [2.45, 2.75) is 13.8 Å². The largest absolute Gasteiger partial charge is 0.508 e. The maximum absolute atomic E-state index is 12.1. The fraction of sp³-hybridized carbons (Fsp3) is 0.143. The fourth-order valence-corrected chi connectivity index (χ4v) is 1.77. The minimum atomic E-state index is -0.311. The normalized spacial score (nSPS) is 10.2. The number of pyridine rings is 1. The van der Waals surface area contributed by atoms with Crippen molar-refractivity contribution in [1.82, 2.24) is 4.98 Å². The van der Waals surface area contributed by atoms with Crippen molar-refractivity contribution in [2.24, 2.45) is 0 Å². The number of aryl methyl sites for hydroxylation is 1. The number of nitrogens with zero attached hydrogens (tertiary/aromatic N) is 1. The molecule has 5 heteroatoms. The van der Waals surface area contributed by atoms with Crippen molar-refractivity contribution in [1.29, 1.82) is 0 Å². The molecular formula is C14H15N3O2. The second kappa shape index (κ2) is 4.97. The van der Waals surface area contributed by atoms with Gasteiger partial charge in [-0.05, 0) is 37.6 Å². The molecule has 1 aromatic heterocycles. The molecule has 98 valence electrons. The molecule has 0 atom stereocenters. The van der Waals surface area contributed by atoms with Crippen LogP contribution in [-0.2, 0) is 0 Å². The van der Waals surface area contributed by atoms with Crippen LogP contribution in [0.5, 0.6) is 5.75 Å². The first-order chi connectivity index (χ1) is 8.99. The number of nitrogens with two attached hydrogens (primary N) is 1. The zero-order valence-electron chi connectivity index (χ0n) is 10.8. The highest BCUT2D eigenvalue weighted by atomic mass is 16.3. The molecule has 0 fully saturated rings. The highest BCUT2D eigenvalue weighted by Gasteiger charge is 2.13. The third kappa shape index (κ3) is 2.65. The Balaban J connectivity index is 2.28. The van der Waals surface area contributed by atoms with E-state index < -0.39 is 0 Å². The van der Waals surface area contributed by atoms with Crippen LogP contribution in [0.3, 0.4) is 0 Å². The number of rotatable bonds is 2. The van der Waals surface area contributed by atoms with Crippen LogP contribution in [0.15, 0.2) is 30.5 Å². The van der Waals surface area contributed by atoms with Gasteiger partial charge in [-0.3, -0.25) is 4.79 Å². The zero-order chi connectivity index (χ0) is 14.0. The molecule has 1 heterocycles. The predicted octanol–water partition coefficient (Wildman–Crippen LogP) is 2.24. The number of phenols is 1. The van der Waals surface area contributed by atoms with Crippen molar-refractivity contribution >= 4 is 17.4 Å². The monoisotopic (exact) mass is 257 g/mol. The van der Waals surface area contributed by atoms with Crippen LogP contribution in [0, 0.1) is 13.8 Å². The minimum absolute atomic E-state index is 0.0923. The third-order valence-electron chi connectivity index (χ3n) is 2.88. The van der Waals surface area contributed by atoms with E-state index in [9.17, 15) is 9.90 Å². The van der Waals surface area contributed by atoms with Crippen molar-refractivity contribution in [3.05, 3.63) is 47.2 Å². The van der Waals surface area contributed by atoms with Crippen molar-refractivity contribution in [2.75, 3.05) is 11.1 Å². The van der Waals surface area contributed by atoms with Crippen LogP contribution in [-0.4, -0.2) is 16.0 Å². The fourth-order valence-electron chi connectivity index (χ4n) is 1.77. The van der Waals surface area contributed by atoms with Gasteiger partial charge in [-0.1, -0.05) is 6.07 Å². The lowest BCUT2D eigenvalue weighted by molar-refractivity contribution is 0.102. The smallest absolute Gasteiger partial charge is 0.257 e. The molecule has 2 aromatic rings. The summed E-state index contributed by atoms with van der Waals surface area (Å²) in [5, 5.41) is 12.3. The van der Waals surface area contributed by atoms with Gasteiger partial charge in [-0.15, -0.1) is 0 Å². The van der Waals surface area contributed by atoms with E-state index in [0.29, 0.717) is 22.6 Å². The van der Waals surface area contributed by atoms with E-state index in [0.717, 1.165) is 5.56 Å². The number of benzene rings is 1. The van der Waals surface area contributed by atoms with Crippen molar-refractivity contribution < 1.29 is 9.90 Å². The highest BCUT2D eigenvalue weighted by molar-refractivity contribution is 6.05. The van der Waals surface area contributed by atoms with E-state index in [2.05, 4.69) is 10.3 Å². The van der Waals surface area contributed by atoms with Gasteiger partial charge in [0, 0.05) is 11.1 Å². The molecular weight excluding hydrogens is 242 g/mol. The number of phenolic OH excluding ortho intramolecular Hbond substituents is 1. The van der Waals surface area contributed by atoms with Crippen LogP contribution >= 0.6 is 0 Å². The molecule has 0 bridgehead atoms. The number of aromatic hydroxyl groups is 1. The Labute approximate surface area is 111 Å². The van der Waals surface area contributed by atoms with Gasteiger partial charge in [0.2, 0.25) is 0 Å². The molecule has 0 aliphatic heterocycles. The molecule has 2 rings (SSSR count). The minimum Gasteiger partial charge on any atom is -0.508 e. The summed E-state index contributed by atoms with van der Waals surface area (Å²) in [5.41, 5.74) is 7.88. The number of aromatic nitrogens is 1. The summed E-state index contributed by atoms with van der Waals surface area (Å²) < 4.78 is 0. The standard InChI is InChI=1S/C14H15N3O2/c1-8-6-10(15)7-16-13(8)17-14(19)11-4-3-5-12(18)9(11)2/h3-7,18H,15H2,1-2H3,(H,16,17,19). The third-order valence-corrected chi connectivity index (χ3v) is 2.88. The van der Waals surface area contributed by atoms with Gasteiger partial charge in [-0.25, -0.2) is 4.98 Å². The summed E-state index contributed by atoms with van der Waals surface area (Å²) in [6.07, 6.45) is 1.48. The molecule has 1 amide bonds. The van der Waals surface area contributed by atoms with Gasteiger partial charge in [0.1, 0.15) is 11.6 Å². The average molecular weight is 257 g/mol. The molecule has 0 saturated carbocycles. The van der Waals surface area contributed by atoms with Crippen LogP contribution in [0.4, 0.5) is 11.5 Å². The molecule has 0 saturated heterocycles. The summed E-state index contributed by atoms with van der Waals surface area (Å²) in [4.78, 5) is 16.2. The van der Waals surface area contributed by atoms with Gasteiger partial charge in [0.25, 0.3) is 5.91 Å². The van der Waals surface area contributed by atoms with Crippen LogP contribution in [0.1, 0.15) is 21.5 Å². The van der Waals surface area contributed by atoms with E-state index in [4.69, 9.17) is 5.73 Å². The number of amides is 1. The van der Waals surface area contributed by atoms with E-state index in [-0.39, 0.29) is 11.7 Å². The molecule has 0 aliphatic rings. The first-order valence-electron chi connectivity index (χ1n) is 5.81. The molecule has 19 heavy (non-hydrogen) atoms. The summed E-state index contributed by atoms with van der Waals surface area (Å²) in [6, 6.07) is 6.55. The van der Waals surface area contributed by atoms with Crippen LogP contribution in [0.25, 0.3) is 0 Å². The number of carbonyl (C=O) groups is 1. The Bertz CT molecular complexity index is 639. The molecule has 0 unspecified atom stereocenters. The van der Waals surface area contributed by atoms with Gasteiger partial charge < -0.3 is 16.2 Å². The lowest BCUT2D eigenvalue weighted by Gasteiger charge is -2.10. The Morgan fingerprint density at radius 2 is 2.11 bits per heavy atom. The Morgan fingerprint density at radius 3 is 2.79 bits per heavy atom. The molecule has 0 aliphatic carbocycles.